The summed E-state index contributed by atoms with van der Waals surface area (Å²) in [6.07, 6.45) is 0. The van der Waals surface area contributed by atoms with Crippen LogP contribution in [0.5, 0.6) is 5.75 Å². The Bertz CT molecular complexity index is 657. The molecule has 1 amide bonds. The number of esters is 1. The molecule has 0 fully saturated rings. The number of hydrogen-bond acceptors (Lipinski definition) is 4. The van der Waals surface area contributed by atoms with Gasteiger partial charge in [-0.15, -0.1) is 0 Å². The van der Waals surface area contributed by atoms with E-state index in [1.54, 1.807) is 12.1 Å². The molecule has 0 saturated heterocycles. The van der Waals surface area contributed by atoms with Crippen LogP contribution in [0.4, 0.5) is 0 Å². The molecule has 0 aromatic heterocycles. The molecular weight excluding hydrogens is 282 g/mol. The molecule has 2 rings (SSSR count). The molecule has 0 aliphatic rings. The van der Waals surface area contributed by atoms with E-state index in [1.165, 1.54) is 0 Å². The summed E-state index contributed by atoms with van der Waals surface area (Å²) in [6, 6.07) is 10.8. The number of fused-ring (bicyclic) bond motifs is 1. The molecule has 0 spiro atoms. The average Bonchev–Trinajstić information content (AvgIpc) is 2.45. The van der Waals surface area contributed by atoms with Gasteiger partial charge < -0.3 is 15.2 Å². The second-order valence-electron chi connectivity index (χ2n) is 4.01. The van der Waals surface area contributed by atoms with Gasteiger partial charge in [0.2, 0.25) is 0 Å². The van der Waals surface area contributed by atoms with Crippen molar-refractivity contribution in [2.75, 3.05) is 13.2 Å². The summed E-state index contributed by atoms with van der Waals surface area (Å²) >= 11 is 6.08. The van der Waals surface area contributed by atoms with Gasteiger partial charge in [0.25, 0.3) is 5.91 Å². The number of halogens is 1. The first kappa shape index (κ1) is 14.1. The van der Waals surface area contributed by atoms with Crippen LogP contribution in [0.1, 0.15) is 0 Å². The van der Waals surface area contributed by atoms with Crippen molar-refractivity contribution in [2.45, 2.75) is 0 Å². The van der Waals surface area contributed by atoms with Crippen molar-refractivity contribution in [2.24, 2.45) is 5.73 Å². The predicted octanol–water partition coefficient (Wildman–Crippen LogP) is 1.90. The van der Waals surface area contributed by atoms with Crippen molar-refractivity contribution in [1.29, 1.82) is 0 Å². The van der Waals surface area contributed by atoms with Crippen molar-refractivity contribution in [3.05, 3.63) is 41.4 Å². The zero-order chi connectivity index (χ0) is 14.5. The predicted molar refractivity (Wildman–Crippen MR) is 74.6 cm³/mol. The summed E-state index contributed by atoms with van der Waals surface area (Å²) in [5, 5.41) is 2.23. The molecule has 0 saturated carbocycles. The molecular formula is C14H12ClNO4. The third kappa shape index (κ3) is 3.39. The number of amides is 1. The molecule has 2 aromatic rings. The first-order valence-corrected chi connectivity index (χ1v) is 6.19. The van der Waals surface area contributed by atoms with Crippen LogP contribution in [-0.2, 0) is 14.3 Å². The molecule has 0 bridgehead atoms. The minimum absolute atomic E-state index is 0.307. The van der Waals surface area contributed by atoms with E-state index in [4.69, 9.17) is 22.1 Å². The molecule has 0 atom stereocenters. The third-order valence-corrected chi connectivity index (χ3v) is 2.88. The first-order chi connectivity index (χ1) is 9.58. The highest BCUT2D eigenvalue weighted by atomic mass is 35.5. The van der Waals surface area contributed by atoms with Gasteiger partial charge in [-0.25, -0.2) is 4.79 Å². The highest BCUT2D eigenvalue weighted by Crippen LogP contribution is 2.31. The lowest BCUT2D eigenvalue weighted by molar-refractivity contribution is -0.149. The molecule has 104 valence electrons. The number of benzene rings is 2. The van der Waals surface area contributed by atoms with Crippen LogP contribution in [-0.4, -0.2) is 25.1 Å². The Balaban J connectivity index is 2.09. The van der Waals surface area contributed by atoms with Crippen molar-refractivity contribution in [1.82, 2.24) is 0 Å². The van der Waals surface area contributed by atoms with Gasteiger partial charge in [-0.3, -0.25) is 4.79 Å². The van der Waals surface area contributed by atoms with E-state index >= 15 is 0 Å². The van der Waals surface area contributed by atoms with E-state index in [-0.39, 0.29) is 6.61 Å². The van der Waals surface area contributed by atoms with Gasteiger partial charge in [-0.1, -0.05) is 35.9 Å². The molecule has 0 aliphatic heterocycles. The topological polar surface area (TPSA) is 78.6 Å². The number of rotatable bonds is 5. The Labute approximate surface area is 120 Å². The van der Waals surface area contributed by atoms with Gasteiger partial charge in [-0.05, 0) is 12.1 Å². The first-order valence-electron chi connectivity index (χ1n) is 5.82. The molecule has 2 aromatic carbocycles. The third-order valence-electron chi connectivity index (χ3n) is 2.55. The number of carbonyl (C=O) groups excluding carboxylic acids is 2. The molecule has 5 nitrogen and oxygen atoms in total. The van der Waals surface area contributed by atoms with Crippen LogP contribution in [0.15, 0.2) is 36.4 Å². The summed E-state index contributed by atoms with van der Waals surface area (Å²) < 4.78 is 9.98. The number of nitrogens with two attached hydrogens (primary N) is 1. The van der Waals surface area contributed by atoms with E-state index in [0.717, 1.165) is 10.8 Å². The molecule has 0 aliphatic carbocycles. The zero-order valence-corrected chi connectivity index (χ0v) is 11.2. The van der Waals surface area contributed by atoms with Gasteiger partial charge >= 0.3 is 5.97 Å². The van der Waals surface area contributed by atoms with Crippen LogP contribution in [0.2, 0.25) is 5.02 Å². The number of primary amides is 1. The largest absolute Gasteiger partial charge is 0.481 e. The Morgan fingerprint density at radius 3 is 2.45 bits per heavy atom. The Hall–Kier alpha value is -2.27. The fraction of sp³-hybridized carbons (Fsp3) is 0.143. The van der Waals surface area contributed by atoms with Gasteiger partial charge in [0, 0.05) is 15.8 Å². The summed E-state index contributed by atoms with van der Waals surface area (Å²) in [5.41, 5.74) is 4.87. The SMILES string of the molecule is NC(=O)COC(=O)COc1ccc(Cl)c2ccccc12. The van der Waals surface area contributed by atoms with Crippen LogP contribution in [0.3, 0.4) is 0 Å². The normalized spacial score (nSPS) is 10.2. The van der Waals surface area contributed by atoms with E-state index < -0.39 is 18.5 Å². The second-order valence-corrected chi connectivity index (χ2v) is 4.41. The van der Waals surface area contributed by atoms with Crippen molar-refractivity contribution in [3.8, 4) is 5.75 Å². The zero-order valence-electron chi connectivity index (χ0n) is 10.5. The molecule has 0 unspecified atom stereocenters. The van der Waals surface area contributed by atoms with Crippen LogP contribution in [0.25, 0.3) is 10.8 Å². The maximum Gasteiger partial charge on any atom is 0.344 e. The average molecular weight is 294 g/mol. The van der Waals surface area contributed by atoms with Crippen molar-refractivity contribution >= 4 is 34.2 Å². The minimum Gasteiger partial charge on any atom is -0.481 e. The lowest BCUT2D eigenvalue weighted by atomic mass is 10.1. The van der Waals surface area contributed by atoms with Gasteiger partial charge in [-0.2, -0.15) is 0 Å². The highest BCUT2D eigenvalue weighted by molar-refractivity contribution is 6.35. The molecule has 0 heterocycles. The van der Waals surface area contributed by atoms with E-state index in [1.807, 2.05) is 24.3 Å². The van der Waals surface area contributed by atoms with Gasteiger partial charge in [0.05, 0.1) is 0 Å². The van der Waals surface area contributed by atoms with E-state index in [2.05, 4.69) is 4.74 Å². The monoisotopic (exact) mass is 293 g/mol. The molecule has 6 heteroatoms. The highest BCUT2D eigenvalue weighted by Gasteiger charge is 2.09. The molecule has 20 heavy (non-hydrogen) atoms. The van der Waals surface area contributed by atoms with Crippen molar-refractivity contribution in [3.63, 3.8) is 0 Å². The quantitative estimate of drug-likeness (QED) is 0.854. The smallest absolute Gasteiger partial charge is 0.344 e. The summed E-state index contributed by atoms with van der Waals surface area (Å²) in [6.45, 7) is -0.761. The lowest BCUT2D eigenvalue weighted by Crippen LogP contribution is -2.23. The fourth-order valence-electron chi connectivity index (χ4n) is 1.69. The van der Waals surface area contributed by atoms with E-state index in [9.17, 15) is 9.59 Å². The standard InChI is InChI=1S/C14H12ClNO4/c15-11-5-6-12(10-4-2-1-3-9(10)11)19-8-14(18)20-7-13(16)17/h1-6H,7-8H2,(H2,16,17). The van der Waals surface area contributed by atoms with Gasteiger partial charge in [0.1, 0.15) is 5.75 Å². The second kappa shape index (κ2) is 6.25. The van der Waals surface area contributed by atoms with Crippen LogP contribution >= 0.6 is 11.6 Å². The number of hydrogen-bond donors (Lipinski definition) is 1. The Morgan fingerprint density at radius 1 is 1.05 bits per heavy atom. The number of ether oxygens (including phenoxy) is 2. The maximum atomic E-state index is 11.3. The Kier molecular flexibility index (Phi) is 4.42. The molecule has 2 N–H and O–H groups in total. The van der Waals surface area contributed by atoms with Gasteiger partial charge in [0.15, 0.2) is 13.2 Å². The van der Waals surface area contributed by atoms with Crippen LogP contribution in [0, 0.1) is 0 Å². The summed E-state index contributed by atoms with van der Waals surface area (Å²) in [7, 11) is 0. The number of carbonyl (C=O) groups is 2. The van der Waals surface area contributed by atoms with Crippen molar-refractivity contribution < 1.29 is 19.1 Å². The molecule has 0 radical (unpaired) electrons. The van der Waals surface area contributed by atoms with Crippen LogP contribution < -0.4 is 10.5 Å². The van der Waals surface area contributed by atoms with E-state index in [0.29, 0.717) is 10.8 Å². The summed E-state index contributed by atoms with van der Waals surface area (Å²) in [4.78, 5) is 21.8. The summed E-state index contributed by atoms with van der Waals surface area (Å²) in [5.74, 6) is -0.862. The Morgan fingerprint density at radius 2 is 1.75 bits per heavy atom. The fourth-order valence-corrected chi connectivity index (χ4v) is 1.92. The maximum absolute atomic E-state index is 11.3. The minimum atomic E-state index is -0.713. The lowest BCUT2D eigenvalue weighted by Gasteiger charge is -2.09.